The summed E-state index contributed by atoms with van der Waals surface area (Å²) in [5.41, 5.74) is 13.0. The summed E-state index contributed by atoms with van der Waals surface area (Å²) in [6, 6.07) is 81.5. The highest BCUT2D eigenvalue weighted by Crippen LogP contribution is 2.40. The van der Waals surface area contributed by atoms with Crippen molar-refractivity contribution in [1.29, 1.82) is 0 Å². The summed E-state index contributed by atoms with van der Waals surface area (Å²) in [5, 5.41) is 7.52. The van der Waals surface area contributed by atoms with Gasteiger partial charge in [-0.3, -0.25) is 0 Å². The van der Waals surface area contributed by atoms with Crippen LogP contribution in [0.5, 0.6) is 0 Å². The topological polar surface area (TPSA) is 3.24 Å². The van der Waals surface area contributed by atoms with E-state index in [0.29, 0.717) is 0 Å². The molecule has 0 aromatic heterocycles. The summed E-state index contributed by atoms with van der Waals surface area (Å²) in [5.74, 6) is 0. The number of hydrogen-bond acceptors (Lipinski definition) is 1. The zero-order chi connectivity index (χ0) is 36.6. The summed E-state index contributed by atoms with van der Waals surface area (Å²) >= 11 is 0. The first-order valence-corrected chi connectivity index (χ1v) is 18.9. The molecule has 0 aliphatic carbocycles. The van der Waals surface area contributed by atoms with Gasteiger partial charge < -0.3 is 4.90 Å². The second-order valence-electron chi connectivity index (χ2n) is 14.2. The molecule has 10 rings (SSSR count). The summed E-state index contributed by atoms with van der Waals surface area (Å²) in [7, 11) is 0. The molecule has 0 fully saturated rings. The first-order valence-electron chi connectivity index (χ1n) is 18.9. The third-order valence-electron chi connectivity index (χ3n) is 10.8. The molecule has 0 saturated heterocycles. The lowest BCUT2D eigenvalue weighted by Gasteiger charge is -2.27. The SMILES string of the molecule is c1ccc(-c2cccc(-c3ccc(N(c4cccc(-c5cccc(-c6cccc7ccccc67)c5)c4)c4ccc5c(ccc6ccccc65)c4)cc3)c2)cc1. The van der Waals surface area contributed by atoms with Crippen LogP contribution in [-0.2, 0) is 0 Å². The van der Waals surface area contributed by atoms with E-state index in [-0.39, 0.29) is 0 Å². The molecule has 0 spiro atoms. The number of nitrogens with zero attached hydrogens (tertiary/aromatic N) is 1. The predicted octanol–water partition coefficient (Wildman–Crippen LogP) is 15.3. The predicted molar refractivity (Wildman–Crippen MR) is 235 cm³/mol. The van der Waals surface area contributed by atoms with Crippen LogP contribution >= 0.6 is 0 Å². The van der Waals surface area contributed by atoms with Crippen LogP contribution in [0.3, 0.4) is 0 Å². The Morgan fingerprint density at radius 3 is 1.47 bits per heavy atom. The second kappa shape index (κ2) is 14.0. The molecular formula is C54H37N. The minimum atomic E-state index is 1.10. The van der Waals surface area contributed by atoms with Gasteiger partial charge in [0.1, 0.15) is 0 Å². The molecule has 0 unspecified atom stereocenters. The second-order valence-corrected chi connectivity index (χ2v) is 14.2. The molecule has 0 amide bonds. The minimum absolute atomic E-state index is 1.10. The molecule has 10 aromatic rings. The maximum atomic E-state index is 2.39. The zero-order valence-corrected chi connectivity index (χ0v) is 30.3. The Hall–Kier alpha value is -7.22. The van der Waals surface area contributed by atoms with Crippen molar-refractivity contribution in [3.8, 4) is 44.5 Å². The van der Waals surface area contributed by atoms with Crippen molar-refractivity contribution >= 4 is 49.4 Å². The molecule has 0 saturated carbocycles. The number of fused-ring (bicyclic) bond motifs is 4. The largest absolute Gasteiger partial charge is 0.310 e. The van der Waals surface area contributed by atoms with Gasteiger partial charge in [-0.1, -0.05) is 176 Å². The molecule has 0 atom stereocenters. The van der Waals surface area contributed by atoms with Crippen molar-refractivity contribution in [2.75, 3.05) is 4.90 Å². The van der Waals surface area contributed by atoms with Gasteiger partial charge in [-0.15, -0.1) is 0 Å². The van der Waals surface area contributed by atoms with Crippen LogP contribution in [-0.4, -0.2) is 0 Å². The first-order chi connectivity index (χ1) is 27.2. The van der Waals surface area contributed by atoms with Crippen molar-refractivity contribution in [3.05, 3.63) is 224 Å². The van der Waals surface area contributed by atoms with E-state index in [9.17, 15) is 0 Å². The Kier molecular flexibility index (Phi) is 8.24. The highest BCUT2D eigenvalue weighted by molar-refractivity contribution is 6.08. The fourth-order valence-corrected chi connectivity index (χ4v) is 8.07. The van der Waals surface area contributed by atoms with E-state index in [0.717, 1.165) is 17.1 Å². The van der Waals surface area contributed by atoms with Gasteiger partial charge in [0.25, 0.3) is 0 Å². The average molecular weight is 700 g/mol. The Labute approximate surface area is 322 Å². The van der Waals surface area contributed by atoms with E-state index in [1.54, 1.807) is 0 Å². The van der Waals surface area contributed by atoms with Crippen LogP contribution in [0.25, 0.3) is 76.8 Å². The summed E-state index contributed by atoms with van der Waals surface area (Å²) in [6.07, 6.45) is 0. The van der Waals surface area contributed by atoms with Gasteiger partial charge in [-0.25, -0.2) is 0 Å². The summed E-state index contributed by atoms with van der Waals surface area (Å²) in [4.78, 5) is 2.39. The quantitative estimate of drug-likeness (QED) is 0.150. The molecule has 0 radical (unpaired) electrons. The zero-order valence-electron chi connectivity index (χ0n) is 30.3. The van der Waals surface area contributed by atoms with E-state index in [1.807, 2.05) is 0 Å². The normalized spacial score (nSPS) is 11.3. The van der Waals surface area contributed by atoms with Gasteiger partial charge in [0.15, 0.2) is 0 Å². The summed E-state index contributed by atoms with van der Waals surface area (Å²) < 4.78 is 0. The number of rotatable bonds is 7. The van der Waals surface area contributed by atoms with Crippen LogP contribution in [0.15, 0.2) is 224 Å². The molecule has 0 bridgehead atoms. The molecule has 10 aromatic carbocycles. The molecule has 0 aliphatic heterocycles. The molecule has 1 heteroatoms. The van der Waals surface area contributed by atoms with Crippen molar-refractivity contribution in [3.63, 3.8) is 0 Å². The Bertz CT molecular complexity index is 2970. The van der Waals surface area contributed by atoms with Crippen LogP contribution < -0.4 is 4.90 Å². The van der Waals surface area contributed by atoms with Gasteiger partial charge in [0, 0.05) is 17.1 Å². The molecule has 1 nitrogen and oxygen atoms in total. The average Bonchev–Trinajstić information content (AvgIpc) is 3.27. The fourth-order valence-electron chi connectivity index (χ4n) is 8.07. The first kappa shape index (κ1) is 32.4. The smallest absolute Gasteiger partial charge is 0.0468 e. The van der Waals surface area contributed by atoms with E-state index >= 15 is 0 Å². The molecule has 0 heterocycles. The summed E-state index contributed by atoms with van der Waals surface area (Å²) in [6.45, 7) is 0. The monoisotopic (exact) mass is 699 g/mol. The highest BCUT2D eigenvalue weighted by atomic mass is 15.1. The molecular weight excluding hydrogens is 663 g/mol. The Morgan fingerprint density at radius 2 is 0.691 bits per heavy atom. The molecule has 0 aliphatic rings. The lowest BCUT2D eigenvalue weighted by Crippen LogP contribution is -2.10. The van der Waals surface area contributed by atoms with Gasteiger partial charge in [-0.2, -0.15) is 0 Å². The van der Waals surface area contributed by atoms with E-state index in [4.69, 9.17) is 0 Å². The lowest BCUT2D eigenvalue weighted by atomic mass is 9.95. The van der Waals surface area contributed by atoms with Gasteiger partial charge in [0.05, 0.1) is 0 Å². The lowest BCUT2D eigenvalue weighted by molar-refractivity contribution is 1.29. The maximum absolute atomic E-state index is 2.39. The van der Waals surface area contributed by atoms with Crippen molar-refractivity contribution in [2.45, 2.75) is 0 Å². The van der Waals surface area contributed by atoms with E-state index in [1.165, 1.54) is 76.8 Å². The maximum Gasteiger partial charge on any atom is 0.0468 e. The van der Waals surface area contributed by atoms with E-state index < -0.39 is 0 Å². The molecule has 258 valence electrons. The van der Waals surface area contributed by atoms with Gasteiger partial charge >= 0.3 is 0 Å². The van der Waals surface area contributed by atoms with Gasteiger partial charge in [0.2, 0.25) is 0 Å². The van der Waals surface area contributed by atoms with Crippen LogP contribution in [0.2, 0.25) is 0 Å². The van der Waals surface area contributed by atoms with Crippen molar-refractivity contribution < 1.29 is 0 Å². The van der Waals surface area contributed by atoms with Crippen LogP contribution in [0.1, 0.15) is 0 Å². The Morgan fingerprint density at radius 1 is 0.218 bits per heavy atom. The van der Waals surface area contributed by atoms with Crippen molar-refractivity contribution in [2.24, 2.45) is 0 Å². The standard InChI is InChI=1S/C54H37N/c1-2-12-38(13-3-1)42-17-8-18-43(34-42)39-28-30-48(31-29-39)55(50-32-33-54-47(37-50)27-26-41-15-5-7-24-52(41)54)49-22-10-20-45(36-49)44-19-9-21-46(35-44)53-25-11-16-40-14-4-6-23-51(40)53/h1-37H. The molecule has 0 N–H and O–H groups in total. The Balaban J connectivity index is 1.07. The van der Waals surface area contributed by atoms with E-state index in [2.05, 4.69) is 229 Å². The fraction of sp³-hybridized carbons (Fsp3) is 0. The van der Waals surface area contributed by atoms with Crippen molar-refractivity contribution in [1.82, 2.24) is 0 Å². The minimum Gasteiger partial charge on any atom is -0.310 e. The number of hydrogen-bond donors (Lipinski definition) is 0. The third kappa shape index (κ3) is 6.22. The number of benzene rings is 10. The number of anilines is 3. The van der Waals surface area contributed by atoms with Crippen LogP contribution in [0, 0.1) is 0 Å². The molecule has 55 heavy (non-hydrogen) atoms. The van der Waals surface area contributed by atoms with Gasteiger partial charge in [-0.05, 0) is 125 Å². The highest BCUT2D eigenvalue weighted by Gasteiger charge is 2.16. The third-order valence-corrected chi connectivity index (χ3v) is 10.8. The van der Waals surface area contributed by atoms with Crippen LogP contribution in [0.4, 0.5) is 17.1 Å².